The Morgan fingerprint density at radius 1 is 1.27 bits per heavy atom. The lowest BCUT2D eigenvalue weighted by atomic mass is 10.2. The highest BCUT2D eigenvalue weighted by atomic mass is 16.5. The lowest BCUT2D eigenvalue weighted by Gasteiger charge is -2.05. The second-order valence-corrected chi connectivity index (χ2v) is 5.49. The van der Waals surface area contributed by atoms with Crippen molar-refractivity contribution in [3.8, 4) is 0 Å². The number of pyridine rings is 1. The SMILES string of the molecule is CCOCc1nc2cnc3ccccc3c2n1N=CC(C)C. The van der Waals surface area contributed by atoms with Gasteiger partial charge in [0.2, 0.25) is 0 Å². The van der Waals surface area contributed by atoms with Gasteiger partial charge < -0.3 is 4.74 Å². The number of fused-ring (bicyclic) bond motifs is 3. The van der Waals surface area contributed by atoms with Crippen molar-refractivity contribution in [1.82, 2.24) is 14.6 Å². The molecule has 0 fully saturated rings. The van der Waals surface area contributed by atoms with Crippen LogP contribution in [0.3, 0.4) is 0 Å². The van der Waals surface area contributed by atoms with E-state index in [0.29, 0.717) is 19.1 Å². The van der Waals surface area contributed by atoms with E-state index >= 15 is 0 Å². The number of rotatable bonds is 5. The van der Waals surface area contributed by atoms with Gasteiger partial charge in [0, 0.05) is 18.2 Å². The molecule has 0 saturated heterocycles. The molecule has 0 atom stereocenters. The number of aromatic nitrogens is 3. The number of benzene rings is 1. The monoisotopic (exact) mass is 296 g/mol. The van der Waals surface area contributed by atoms with Gasteiger partial charge in [0.05, 0.1) is 11.7 Å². The van der Waals surface area contributed by atoms with E-state index in [-0.39, 0.29) is 0 Å². The second kappa shape index (κ2) is 6.23. The molecular weight excluding hydrogens is 276 g/mol. The molecule has 0 aliphatic heterocycles. The lowest BCUT2D eigenvalue weighted by Crippen LogP contribution is -2.03. The van der Waals surface area contributed by atoms with Crippen LogP contribution in [0.2, 0.25) is 0 Å². The van der Waals surface area contributed by atoms with E-state index in [2.05, 4.69) is 35.0 Å². The van der Waals surface area contributed by atoms with Gasteiger partial charge in [-0.15, -0.1) is 0 Å². The number of para-hydroxylation sites is 1. The van der Waals surface area contributed by atoms with Crippen molar-refractivity contribution in [3.63, 3.8) is 0 Å². The van der Waals surface area contributed by atoms with E-state index in [4.69, 9.17) is 4.74 Å². The van der Waals surface area contributed by atoms with E-state index in [1.165, 1.54) is 0 Å². The predicted molar refractivity (Wildman–Crippen MR) is 89.1 cm³/mol. The summed E-state index contributed by atoms with van der Waals surface area (Å²) in [7, 11) is 0. The number of hydrogen-bond acceptors (Lipinski definition) is 4. The predicted octanol–water partition coefficient (Wildman–Crippen LogP) is 3.61. The minimum absolute atomic E-state index is 0.366. The largest absolute Gasteiger partial charge is 0.374 e. The summed E-state index contributed by atoms with van der Waals surface area (Å²) >= 11 is 0. The highest BCUT2D eigenvalue weighted by molar-refractivity contribution is 6.02. The van der Waals surface area contributed by atoms with Gasteiger partial charge in [0.1, 0.15) is 17.6 Å². The molecule has 0 spiro atoms. The summed E-state index contributed by atoms with van der Waals surface area (Å²) in [5, 5.41) is 5.67. The van der Waals surface area contributed by atoms with Gasteiger partial charge >= 0.3 is 0 Å². The molecular formula is C17H20N4O. The molecule has 0 unspecified atom stereocenters. The van der Waals surface area contributed by atoms with Crippen molar-refractivity contribution < 1.29 is 4.74 Å². The molecule has 3 aromatic rings. The quantitative estimate of drug-likeness (QED) is 0.676. The third-order valence-corrected chi connectivity index (χ3v) is 3.35. The molecule has 0 amide bonds. The van der Waals surface area contributed by atoms with Crippen LogP contribution in [-0.2, 0) is 11.3 Å². The zero-order valence-corrected chi connectivity index (χ0v) is 13.2. The van der Waals surface area contributed by atoms with Crippen molar-refractivity contribution in [2.24, 2.45) is 11.0 Å². The molecule has 0 aliphatic carbocycles. The first kappa shape index (κ1) is 14.7. The molecule has 0 saturated carbocycles. The number of ether oxygens (including phenoxy) is 1. The zero-order chi connectivity index (χ0) is 15.5. The Morgan fingerprint density at radius 3 is 2.86 bits per heavy atom. The third-order valence-electron chi connectivity index (χ3n) is 3.35. The molecule has 5 heteroatoms. The molecule has 2 heterocycles. The van der Waals surface area contributed by atoms with Gasteiger partial charge in [-0.1, -0.05) is 32.0 Å². The fourth-order valence-electron chi connectivity index (χ4n) is 2.35. The van der Waals surface area contributed by atoms with Crippen molar-refractivity contribution >= 4 is 28.2 Å². The summed E-state index contributed by atoms with van der Waals surface area (Å²) in [5.41, 5.74) is 2.77. The Balaban J connectivity index is 2.26. The smallest absolute Gasteiger partial charge is 0.157 e. The van der Waals surface area contributed by atoms with Crippen LogP contribution in [0, 0.1) is 5.92 Å². The normalized spacial score (nSPS) is 12.2. The molecule has 0 bridgehead atoms. The summed E-state index contributed by atoms with van der Waals surface area (Å²) in [4.78, 5) is 9.11. The molecule has 0 radical (unpaired) electrons. The van der Waals surface area contributed by atoms with Crippen LogP contribution in [0.4, 0.5) is 0 Å². The van der Waals surface area contributed by atoms with Gasteiger partial charge in [-0.25, -0.2) is 9.66 Å². The van der Waals surface area contributed by atoms with Crippen molar-refractivity contribution in [3.05, 3.63) is 36.3 Å². The first-order chi connectivity index (χ1) is 10.7. The Morgan fingerprint density at radius 2 is 2.09 bits per heavy atom. The summed E-state index contributed by atoms with van der Waals surface area (Å²) in [6.07, 6.45) is 3.72. The minimum atomic E-state index is 0.366. The van der Waals surface area contributed by atoms with Gasteiger partial charge in [0.15, 0.2) is 5.82 Å². The summed E-state index contributed by atoms with van der Waals surface area (Å²) in [6, 6.07) is 8.05. The van der Waals surface area contributed by atoms with E-state index in [0.717, 1.165) is 27.8 Å². The van der Waals surface area contributed by atoms with Crippen LogP contribution in [0.25, 0.3) is 21.9 Å². The topological polar surface area (TPSA) is 52.3 Å². The van der Waals surface area contributed by atoms with Crippen LogP contribution in [0.15, 0.2) is 35.6 Å². The van der Waals surface area contributed by atoms with E-state index < -0.39 is 0 Å². The second-order valence-electron chi connectivity index (χ2n) is 5.49. The highest BCUT2D eigenvalue weighted by Gasteiger charge is 2.13. The number of imidazole rings is 1. The van der Waals surface area contributed by atoms with Gasteiger partial charge in [-0.05, 0) is 18.9 Å². The van der Waals surface area contributed by atoms with Crippen molar-refractivity contribution in [1.29, 1.82) is 0 Å². The maximum absolute atomic E-state index is 5.53. The number of nitrogens with zero attached hydrogens (tertiary/aromatic N) is 4. The van der Waals surface area contributed by atoms with Crippen molar-refractivity contribution in [2.75, 3.05) is 6.61 Å². The lowest BCUT2D eigenvalue weighted by molar-refractivity contribution is 0.126. The van der Waals surface area contributed by atoms with Gasteiger partial charge in [-0.2, -0.15) is 5.10 Å². The zero-order valence-electron chi connectivity index (χ0n) is 13.2. The molecule has 0 aliphatic rings. The van der Waals surface area contributed by atoms with Crippen LogP contribution >= 0.6 is 0 Å². The Kier molecular flexibility index (Phi) is 4.15. The standard InChI is InChI=1S/C17H20N4O/c1-4-22-11-16-20-15-10-18-14-8-6-5-7-13(14)17(15)21(16)19-9-12(2)3/h5-10,12H,4,11H2,1-3H3. The van der Waals surface area contributed by atoms with Crippen LogP contribution in [-0.4, -0.2) is 27.5 Å². The van der Waals surface area contributed by atoms with Crippen LogP contribution in [0.1, 0.15) is 26.6 Å². The summed E-state index contributed by atoms with van der Waals surface area (Å²) in [5.74, 6) is 1.16. The van der Waals surface area contributed by atoms with E-state index in [1.807, 2.05) is 36.0 Å². The Labute approximate surface area is 129 Å². The average Bonchev–Trinajstić information content (AvgIpc) is 2.88. The average molecular weight is 296 g/mol. The molecule has 0 N–H and O–H groups in total. The Hall–Kier alpha value is -2.27. The molecule has 114 valence electrons. The first-order valence-corrected chi connectivity index (χ1v) is 7.58. The maximum atomic E-state index is 5.53. The molecule has 5 nitrogen and oxygen atoms in total. The molecule has 2 aromatic heterocycles. The molecule has 3 rings (SSSR count). The summed E-state index contributed by atoms with van der Waals surface area (Å²) in [6.45, 7) is 7.27. The number of hydrogen-bond donors (Lipinski definition) is 0. The van der Waals surface area contributed by atoms with E-state index in [9.17, 15) is 0 Å². The third kappa shape index (κ3) is 2.72. The minimum Gasteiger partial charge on any atom is -0.374 e. The maximum Gasteiger partial charge on any atom is 0.157 e. The fraction of sp³-hybridized carbons (Fsp3) is 0.353. The Bertz CT molecular complexity index is 820. The highest BCUT2D eigenvalue weighted by Crippen LogP contribution is 2.25. The van der Waals surface area contributed by atoms with Crippen LogP contribution < -0.4 is 0 Å². The first-order valence-electron chi connectivity index (χ1n) is 7.58. The molecule has 1 aromatic carbocycles. The van der Waals surface area contributed by atoms with Crippen molar-refractivity contribution in [2.45, 2.75) is 27.4 Å². The fourth-order valence-corrected chi connectivity index (χ4v) is 2.35. The molecule has 22 heavy (non-hydrogen) atoms. The van der Waals surface area contributed by atoms with Gasteiger partial charge in [0.25, 0.3) is 0 Å². The van der Waals surface area contributed by atoms with E-state index in [1.54, 1.807) is 6.20 Å². The summed E-state index contributed by atoms with van der Waals surface area (Å²) < 4.78 is 7.41. The van der Waals surface area contributed by atoms with Crippen LogP contribution in [0.5, 0.6) is 0 Å². The van der Waals surface area contributed by atoms with Gasteiger partial charge in [-0.3, -0.25) is 4.98 Å².